The molecular formula is C21H22N4O2. The maximum absolute atomic E-state index is 12.9. The lowest BCUT2D eigenvalue weighted by molar-refractivity contribution is 0.0553. The van der Waals surface area contributed by atoms with Crippen molar-refractivity contribution in [3.63, 3.8) is 0 Å². The highest BCUT2D eigenvalue weighted by Crippen LogP contribution is 2.16. The SMILES string of the molecule is C[C@@H](C(=O)c1ccccc1)N1CCN(C(=O)c2cccn3ccnc23)CC1. The van der Waals surface area contributed by atoms with Gasteiger partial charge in [0.15, 0.2) is 5.78 Å². The van der Waals surface area contributed by atoms with Gasteiger partial charge in [-0.1, -0.05) is 30.3 Å². The highest BCUT2D eigenvalue weighted by atomic mass is 16.2. The first-order chi connectivity index (χ1) is 13.1. The van der Waals surface area contributed by atoms with Crippen molar-refractivity contribution in [2.24, 2.45) is 0 Å². The second kappa shape index (κ2) is 7.32. The molecule has 0 unspecified atom stereocenters. The van der Waals surface area contributed by atoms with E-state index in [-0.39, 0.29) is 17.7 Å². The number of hydrogen-bond acceptors (Lipinski definition) is 4. The molecule has 0 bridgehead atoms. The zero-order chi connectivity index (χ0) is 18.8. The highest BCUT2D eigenvalue weighted by molar-refractivity contribution is 6.00. The number of amides is 1. The Morgan fingerprint density at radius 1 is 0.963 bits per heavy atom. The molecule has 3 heterocycles. The van der Waals surface area contributed by atoms with Crippen LogP contribution < -0.4 is 0 Å². The first kappa shape index (κ1) is 17.4. The average Bonchev–Trinajstić information content (AvgIpc) is 3.22. The van der Waals surface area contributed by atoms with Crippen molar-refractivity contribution in [3.8, 4) is 0 Å². The van der Waals surface area contributed by atoms with Crippen LogP contribution in [0.1, 0.15) is 27.6 Å². The molecule has 0 saturated carbocycles. The van der Waals surface area contributed by atoms with E-state index in [2.05, 4.69) is 9.88 Å². The van der Waals surface area contributed by atoms with Crippen LogP contribution in [0.25, 0.3) is 5.65 Å². The number of imidazole rings is 1. The summed E-state index contributed by atoms with van der Waals surface area (Å²) in [5.74, 6) is 0.117. The molecule has 0 N–H and O–H groups in total. The van der Waals surface area contributed by atoms with E-state index in [1.54, 1.807) is 6.20 Å². The zero-order valence-corrected chi connectivity index (χ0v) is 15.3. The molecule has 1 aromatic carbocycles. The molecule has 6 heteroatoms. The minimum Gasteiger partial charge on any atom is -0.336 e. The molecule has 1 atom stereocenters. The van der Waals surface area contributed by atoms with Crippen LogP contribution >= 0.6 is 0 Å². The summed E-state index contributed by atoms with van der Waals surface area (Å²) in [5.41, 5.74) is 2.02. The van der Waals surface area contributed by atoms with Gasteiger partial charge >= 0.3 is 0 Å². The number of hydrogen-bond donors (Lipinski definition) is 0. The number of benzene rings is 1. The van der Waals surface area contributed by atoms with Crippen LogP contribution in [0.3, 0.4) is 0 Å². The summed E-state index contributed by atoms with van der Waals surface area (Å²) in [7, 11) is 0. The summed E-state index contributed by atoms with van der Waals surface area (Å²) in [5, 5.41) is 0. The molecule has 1 aliphatic rings. The lowest BCUT2D eigenvalue weighted by Crippen LogP contribution is -2.53. The second-order valence-corrected chi connectivity index (χ2v) is 6.81. The van der Waals surface area contributed by atoms with Gasteiger partial charge in [-0.15, -0.1) is 0 Å². The third kappa shape index (κ3) is 3.36. The minimum absolute atomic E-state index is 0.00603. The Morgan fingerprint density at radius 3 is 2.44 bits per heavy atom. The molecule has 6 nitrogen and oxygen atoms in total. The molecule has 138 valence electrons. The second-order valence-electron chi connectivity index (χ2n) is 6.81. The predicted molar refractivity (Wildman–Crippen MR) is 103 cm³/mol. The Bertz CT molecular complexity index is 958. The number of pyridine rings is 1. The number of nitrogens with zero attached hydrogens (tertiary/aromatic N) is 4. The molecular weight excluding hydrogens is 340 g/mol. The van der Waals surface area contributed by atoms with Crippen molar-refractivity contribution in [3.05, 3.63) is 72.2 Å². The van der Waals surface area contributed by atoms with Gasteiger partial charge in [-0.05, 0) is 19.1 Å². The van der Waals surface area contributed by atoms with Gasteiger partial charge in [0.2, 0.25) is 0 Å². The number of ketones is 1. The smallest absolute Gasteiger partial charge is 0.257 e. The van der Waals surface area contributed by atoms with Gasteiger partial charge in [0.25, 0.3) is 5.91 Å². The predicted octanol–water partition coefficient (Wildman–Crippen LogP) is 2.36. The maximum Gasteiger partial charge on any atom is 0.257 e. The average molecular weight is 362 g/mol. The van der Waals surface area contributed by atoms with E-state index in [0.29, 0.717) is 37.4 Å². The van der Waals surface area contributed by atoms with Gasteiger partial charge < -0.3 is 9.30 Å². The lowest BCUT2D eigenvalue weighted by Gasteiger charge is -2.37. The van der Waals surface area contributed by atoms with Crippen LogP contribution in [0.2, 0.25) is 0 Å². The van der Waals surface area contributed by atoms with Crippen LogP contribution in [0, 0.1) is 0 Å². The fourth-order valence-electron chi connectivity index (χ4n) is 3.61. The number of carbonyl (C=O) groups excluding carboxylic acids is 2. The summed E-state index contributed by atoms with van der Waals surface area (Å²) >= 11 is 0. The van der Waals surface area contributed by atoms with Crippen molar-refractivity contribution in [1.82, 2.24) is 19.2 Å². The molecule has 27 heavy (non-hydrogen) atoms. The van der Waals surface area contributed by atoms with Crippen LogP contribution in [0.4, 0.5) is 0 Å². The Balaban J connectivity index is 1.42. The zero-order valence-electron chi connectivity index (χ0n) is 15.3. The van der Waals surface area contributed by atoms with E-state index in [1.807, 2.05) is 71.1 Å². The standard InChI is InChI=1S/C21H22N4O2/c1-16(19(26)17-6-3-2-4-7-17)23-12-14-25(15-13-23)21(27)18-8-5-10-24-11-9-22-20(18)24/h2-11,16H,12-15H2,1H3/t16-/m0/s1. The van der Waals surface area contributed by atoms with Crippen molar-refractivity contribution >= 4 is 17.3 Å². The molecule has 1 amide bonds. The Kier molecular flexibility index (Phi) is 4.73. The molecule has 1 saturated heterocycles. The number of fused-ring (bicyclic) bond motifs is 1. The van der Waals surface area contributed by atoms with E-state index in [0.717, 1.165) is 5.56 Å². The minimum atomic E-state index is -0.194. The summed E-state index contributed by atoms with van der Waals surface area (Å²) in [4.78, 5) is 33.9. The first-order valence-corrected chi connectivity index (χ1v) is 9.19. The summed E-state index contributed by atoms with van der Waals surface area (Å²) in [6.45, 7) is 4.52. The number of aromatic nitrogens is 2. The van der Waals surface area contributed by atoms with E-state index in [9.17, 15) is 9.59 Å². The third-order valence-electron chi connectivity index (χ3n) is 5.24. The maximum atomic E-state index is 12.9. The van der Waals surface area contributed by atoms with E-state index in [1.165, 1.54) is 0 Å². The molecule has 1 aliphatic heterocycles. The molecule has 1 fully saturated rings. The first-order valence-electron chi connectivity index (χ1n) is 9.19. The molecule has 3 aromatic rings. The van der Waals surface area contributed by atoms with Gasteiger partial charge in [-0.3, -0.25) is 14.5 Å². The van der Waals surface area contributed by atoms with Gasteiger partial charge in [0.05, 0.1) is 11.6 Å². The molecule has 0 radical (unpaired) electrons. The molecule has 4 rings (SSSR count). The van der Waals surface area contributed by atoms with Gasteiger partial charge in [0, 0.05) is 50.3 Å². The van der Waals surface area contributed by atoms with Gasteiger partial charge in [-0.2, -0.15) is 0 Å². The normalized spacial score (nSPS) is 16.4. The van der Waals surface area contributed by atoms with Crippen molar-refractivity contribution in [2.45, 2.75) is 13.0 Å². The van der Waals surface area contributed by atoms with Crippen molar-refractivity contribution in [2.75, 3.05) is 26.2 Å². The van der Waals surface area contributed by atoms with Crippen LogP contribution in [-0.2, 0) is 0 Å². The fraction of sp³-hybridized carbons (Fsp3) is 0.286. The Hall–Kier alpha value is -2.99. The summed E-state index contributed by atoms with van der Waals surface area (Å²) in [6.07, 6.45) is 5.41. The summed E-state index contributed by atoms with van der Waals surface area (Å²) in [6, 6.07) is 12.9. The van der Waals surface area contributed by atoms with E-state index >= 15 is 0 Å². The summed E-state index contributed by atoms with van der Waals surface area (Å²) < 4.78 is 1.85. The van der Waals surface area contributed by atoms with Crippen LogP contribution in [0.5, 0.6) is 0 Å². The Labute approximate surface area is 158 Å². The monoisotopic (exact) mass is 362 g/mol. The van der Waals surface area contributed by atoms with Crippen molar-refractivity contribution < 1.29 is 9.59 Å². The molecule has 2 aromatic heterocycles. The third-order valence-corrected chi connectivity index (χ3v) is 5.24. The largest absolute Gasteiger partial charge is 0.336 e. The fourth-order valence-corrected chi connectivity index (χ4v) is 3.61. The number of Topliss-reactive ketones (excluding diaryl/α,β-unsaturated/α-hetero) is 1. The molecule has 0 aliphatic carbocycles. The van der Waals surface area contributed by atoms with E-state index in [4.69, 9.17) is 0 Å². The van der Waals surface area contributed by atoms with Crippen LogP contribution in [0.15, 0.2) is 61.1 Å². The highest BCUT2D eigenvalue weighted by Gasteiger charge is 2.29. The number of carbonyl (C=O) groups is 2. The van der Waals surface area contributed by atoms with E-state index < -0.39 is 0 Å². The van der Waals surface area contributed by atoms with Crippen molar-refractivity contribution in [1.29, 1.82) is 0 Å². The quantitative estimate of drug-likeness (QED) is 0.669. The number of rotatable bonds is 4. The van der Waals surface area contributed by atoms with Crippen LogP contribution in [-0.4, -0.2) is 63.1 Å². The van der Waals surface area contributed by atoms with Gasteiger partial charge in [-0.25, -0.2) is 4.98 Å². The number of piperazine rings is 1. The lowest BCUT2D eigenvalue weighted by atomic mass is 10.0. The topological polar surface area (TPSA) is 57.9 Å². The molecule has 0 spiro atoms. The van der Waals surface area contributed by atoms with Gasteiger partial charge in [0.1, 0.15) is 5.65 Å². The Morgan fingerprint density at radius 2 is 1.70 bits per heavy atom.